The second kappa shape index (κ2) is 7.73. The molecule has 0 aliphatic rings. The number of hydrogen-bond donors (Lipinski definition) is 2. The van der Waals surface area contributed by atoms with Gasteiger partial charge in [-0.1, -0.05) is 20.3 Å². The molecule has 1 amide bonds. The van der Waals surface area contributed by atoms with Gasteiger partial charge in [0.2, 0.25) is 11.7 Å². The molecular weight excluding hydrogens is 272 g/mol. The van der Waals surface area contributed by atoms with Gasteiger partial charge in [-0.25, -0.2) is 0 Å². The van der Waals surface area contributed by atoms with Gasteiger partial charge in [-0.2, -0.15) is 0 Å². The van der Waals surface area contributed by atoms with Gasteiger partial charge in [-0.05, 0) is 5.92 Å². The summed E-state index contributed by atoms with van der Waals surface area (Å²) in [6.45, 7) is 3.94. The van der Waals surface area contributed by atoms with Crippen LogP contribution in [0.2, 0.25) is 0 Å². The summed E-state index contributed by atoms with van der Waals surface area (Å²) in [5.41, 5.74) is 6.47. The van der Waals surface area contributed by atoms with E-state index in [0.29, 0.717) is 22.9 Å². The Morgan fingerprint density at radius 1 is 1.19 bits per heavy atom. The summed E-state index contributed by atoms with van der Waals surface area (Å²) < 4.78 is 15.7. The van der Waals surface area contributed by atoms with Gasteiger partial charge in [0.25, 0.3) is 0 Å². The predicted octanol–water partition coefficient (Wildman–Crippen LogP) is 2.02. The molecule has 0 aliphatic heterocycles. The minimum atomic E-state index is -0.561. The maximum absolute atomic E-state index is 12.1. The van der Waals surface area contributed by atoms with Crippen LogP contribution in [-0.2, 0) is 4.79 Å². The first-order valence-corrected chi connectivity index (χ1v) is 6.84. The van der Waals surface area contributed by atoms with E-state index in [2.05, 4.69) is 5.32 Å². The lowest BCUT2D eigenvalue weighted by atomic mass is 9.99. The molecule has 3 N–H and O–H groups in total. The largest absolute Gasteiger partial charge is 0.493 e. The van der Waals surface area contributed by atoms with E-state index in [1.165, 1.54) is 21.3 Å². The maximum atomic E-state index is 12.1. The molecule has 1 rings (SSSR count). The van der Waals surface area contributed by atoms with Crippen LogP contribution in [0.3, 0.4) is 0 Å². The topological polar surface area (TPSA) is 82.8 Å². The summed E-state index contributed by atoms with van der Waals surface area (Å²) >= 11 is 0. The Bertz CT molecular complexity index is 466. The molecule has 0 fully saturated rings. The molecule has 6 nitrogen and oxygen atoms in total. The molecule has 0 heterocycles. The van der Waals surface area contributed by atoms with E-state index in [1.54, 1.807) is 12.1 Å². The SMILES string of the molecule is CC[C@H](C)[C@H](N)C(=O)Nc1cc(OC)c(OC)c(OC)c1. The highest BCUT2D eigenvalue weighted by Crippen LogP contribution is 2.39. The Morgan fingerprint density at radius 3 is 2.10 bits per heavy atom. The molecule has 0 bridgehead atoms. The van der Waals surface area contributed by atoms with Crippen LogP contribution in [0.15, 0.2) is 12.1 Å². The number of rotatable bonds is 7. The Balaban J connectivity index is 3.01. The van der Waals surface area contributed by atoms with Gasteiger partial charge in [0.1, 0.15) is 0 Å². The highest BCUT2D eigenvalue weighted by molar-refractivity contribution is 5.95. The van der Waals surface area contributed by atoms with Crippen molar-refractivity contribution < 1.29 is 19.0 Å². The van der Waals surface area contributed by atoms with Gasteiger partial charge >= 0.3 is 0 Å². The van der Waals surface area contributed by atoms with Crippen LogP contribution >= 0.6 is 0 Å². The van der Waals surface area contributed by atoms with E-state index >= 15 is 0 Å². The van der Waals surface area contributed by atoms with E-state index in [9.17, 15) is 4.79 Å². The van der Waals surface area contributed by atoms with E-state index in [4.69, 9.17) is 19.9 Å². The number of benzene rings is 1. The van der Waals surface area contributed by atoms with Crippen molar-refractivity contribution in [1.29, 1.82) is 0 Å². The summed E-state index contributed by atoms with van der Waals surface area (Å²) in [5, 5.41) is 2.78. The number of hydrogen-bond acceptors (Lipinski definition) is 5. The van der Waals surface area contributed by atoms with Crippen LogP contribution in [0.4, 0.5) is 5.69 Å². The molecule has 2 atom stereocenters. The molecule has 1 aromatic rings. The first kappa shape index (κ1) is 17.1. The molecule has 0 saturated heterocycles. The number of nitrogens with two attached hydrogens (primary N) is 1. The van der Waals surface area contributed by atoms with E-state index in [0.717, 1.165) is 6.42 Å². The predicted molar refractivity (Wildman–Crippen MR) is 82.2 cm³/mol. The van der Waals surface area contributed by atoms with Crippen molar-refractivity contribution in [1.82, 2.24) is 0 Å². The van der Waals surface area contributed by atoms with Crippen LogP contribution in [0.1, 0.15) is 20.3 Å². The second-order valence-corrected chi connectivity index (χ2v) is 4.81. The molecule has 0 unspecified atom stereocenters. The summed E-state index contributed by atoms with van der Waals surface area (Å²) in [4.78, 5) is 12.1. The molecule has 1 aromatic carbocycles. The quantitative estimate of drug-likeness (QED) is 0.804. The highest BCUT2D eigenvalue weighted by Gasteiger charge is 2.21. The number of carbonyl (C=O) groups excluding carboxylic acids is 1. The second-order valence-electron chi connectivity index (χ2n) is 4.81. The normalized spacial score (nSPS) is 13.2. The van der Waals surface area contributed by atoms with Crippen molar-refractivity contribution in [3.63, 3.8) is 0 Å². The van der Waals surface area contributed by atoms with Crippen LogP contribution in [0.5, 0.6) is 17.2 Å². The van der Waals surface area contributed by atoms with E-state index < -0.39 is 6.04 Å². The number of carbonyl (C=O) groups is 1. The zero-order valence-electron chi connectivity index (χ0n) is 13.2. The van der Waals surface area contributed by atoms with Crippen molar-refractivity contribution >= 4 is 11.6 Å². The van der Waals surface area contributed by atoms with Gasteiger partial charge in [0, 0.05) is 17.8 Å². The molecule has 118 valence electrons. The first-order valence-electron chi connectivity index (χ1n) is 6.84. The highest BCUT2D eigenvalue weighted by atomic mass is 16.5. The summed E-state index contributed by atoms with van der Waals surface area (Å²) in [6, 6.07) is 2.78. The lowest BCUT2D eigenvalue weighted by molar-refractivity contribution is -0.118. The fourth-order valence-corrected chi connectivity index (χ4v) is 1.89. The third kappa shape index (κ3) is 4.01. The zero-order chi connectivity index (χ0) is 16.0. The standard InChI is InChI=1S/C15H24N2O4/c1-6-9(2)13(16)15(18)17-10-7-11(19-3)14(21-5)12(8-10)20-4/h7-9,13H,6,16H2,1-5H3,(H,17,18)/t9-,13-/m0/s1. The number of ether oxygens (including phenoxy) is 3. The van der Waals surface area contributed by atoms with Crippen molar-refractivity contribution in [3.8, 4) is 17.2 Å². The molecule has 21 heavy (non-hydrogen) atoms. The molecule has 0 spiro atoms. The minimum absolute atomic E-state index is 0.104. The number of anilines is 1. The third-order valence-electron chi connectivity index (χ3n) is 3.49. The molecule has 0 aromatic heterocycles. The molecular formula is C15H24N2O4. The Kier molecular flexibility index (Phi) is 6.30. The monoisotopic (exact) mass is 296 g/mol. The van der Waals surface area contributed by atoms with Gasteiger partial charge in [-0.15, -0.1) is 0 Å². The zero-order valence-corrected chi connectivity index (χ0v) is 13.2. The molecule has 0 aliphatic carbocycles. The van der Waals surface area contributed by atoms with E-state index in [-0.39, 0.29) is 11.8 Å². The fraction of sp³-hybridized carbons (Fsp3) is 0.533. The fourth-order valence-electron chi connectivity index (χ4n) is 1.89. The van der Waals surface area contributed by atoms with Gasteiger partial charge in [-0.3, -0.25) is 4.79 Å². The summed E-state index contributed by atoms with van der Waals surface area (Å²) in [7, 11) is 4.57. The Labute approximate surface area is 125 Å². The smallest absolute Gasteiger partial charge is 0.241 e. The van der Waals surface area contributed by atoms with Crippen molar-refractivity contribution in [2.45, 2.75) is 26.3 Å². The Morgan fingerprint density at radius 2 is 1.71 bits per heavy atom. The van der Waals surface area contributed by atoms with Crippen LogP contribution < -0.4 is 25.3 Å². The summed E-state index contributed by atoms with van der Waals surface area (Å²) in [6.07, 6.45) is 0.837. The molecule has 6 heteroatoms. The van der Waals surface area contributed by atoms with Crippen LogP contribution in [0.25, 0.3) is 0 Å². The van der Waals surface area contributed by atoms with Crippen LogP contribution in [-0.4, -0.2) is 33.3 Å². The average Bonchev–Trinajstić information content (AvgIpc) is 2.51. The van der Waals surface area contributed by atoms with Gasteiger partial charge < -0.3 is 25.3 Å². The van der Waals surface area contributed by atoms with Crippen molar-refractivity contribution in [2.24, 2.45) is 11.7 Å². The lowest BCUT2D eigenvalue weighted by Crippen LogP contribution is -2.40. The average molecular weight is 296 g/mol. The third-order valence-corrected chi connectivity index (χ3v) is 3.49. The van der Waals surface area contributed by atoms with Gasteiger partial charge in [0.05, 0.1) is 27.4 Å². The number of nitrogens with one attached hydrogen (secondary N) is 1. The summed E-state index contributed by atoms with van der Waals surface area (Å²) in [5.74, 6) is 1.29. The van der Waals surface area contributed by atoms with Crippen molar-refractivity contribution in [3.05, 3.63) is 12.1 Å². The van der Waals surface area contributed by atoms with E-state index in [1.807, 2.05) is 13.8 Å². The number of methoxy groups -OCH3 is 3. The first-order chi connectivity index (χ1) is 9.98. The minimum Gasteiger partial charge on any atom is -0.493 e. The maximum Gasteiger partial charge on any atom is 0.241 e. The van der Waals surface area contributed by atoms with Gasteiger partial charge in [0.15, 0.2) is 11.5 Å². The Hall–Kier alpha value is -1.95. The molecule has 0 saturated carbocycles. The lowest BCUT2D eigenvalue weighted by Gasteiger charge is -2.19. The van der Waals surface area contributed by atoms with Crippen LogP contribution in [0, 0.1) is 5.92 Å². The molecule has 0 radical (unpaired) electrons. The van der Waals surface area contributed by atoms with Crippen molar-refractivity contribution in [2.75, 3.05) is 26.6 Å². The number of amides is 1.